The molecule has 0 aliphatic carbocycles. The van der Waals surface area contributed by atoms with Crippen molar-refractivity contribution in [1.29, 1.82) is 0 Å². The number of hydrazine groups is 1. The Kier molecular flexibility index (Phi) is 4.29. The van der Waals surface area contributed by atoms with Gasteiger partial charge in [0.05, 0.1) is 5.69 Å². The van der Waals surface area contributed by atoms with E-state index in [1.54, 1.807) is 0 Å². The highest BCUT2D eigenvalue weighted by Gasteiger charge is 2.13. The molecule has 0 radical (unpaired) electrons. The fourth-order valence-electron chi connectivity index (χ4n) is 2.53. The van der Waals surface area contributed by atoms with E-state index in [2.05, 4.69) is 26.1 Å². The molecule has 1 aliphatic heterocycles. The summed E-state index contributed by atoms with van der Waals surface area (Å²) in [5.41, 5.74) is 14.6. The molecule has 2 heterocycles. The lowest BCUT2D eigenvalue weighted by Gasteiger charge is -2.14. The lowest BCUT2D eigenvalue weighted by molar-refractivity contribution is 0.174. The third-order valence-corrected chi connectivity index (χ3v) is 3.88. The van der Waals surface area contributed by atoms with Crippen molar-refractivity contribution < 1.29 is 9.47 Å². The third kappa shape index (κ3) is 3.39. The molecule has 0 bridgehead atoms. The van der Waals surface area contributed by atoms with Crippen LogP contribution < -0.4 is 31.4 Å². The van der Waals surface area contributed by atoms with Gasteiger partial charge in [0.2, 0.25) is 6.79 Å². The number of hydrogen-bond donors (Lipinski definition) is 4. The van der Waals surface area contributed by atoms with Gasteiger partial charge in [0, 0.05) is 6.54 Å². The fourth-order valence-corrected chi connectivity index (χ4v) is 2.53. The number of fused-ring (bicyclic) bond motifs is 1. The van der Waals surface area contributed by atoms with Crippen LogP contribution in [0.15, 0.2) is 54.9 Å². The molecule has 26 heavy (non-hydrogen) atoms. The van der Waals surface area contributed by atoms with Crippen molar-refractivity contribution >= 4 is 23.0 Å². The van der Waals surface area contributed by atoms with E-state index >= 15 is 0 Å². The smallest absolute Gasteiger partial charge is 0.231 e. The molecule has 0 spiro atoms. The number of nitrogens with one attached hydrogen (secondary N) is 3. The summed E-state index contributed by atoms with van der Waals surface area (Å²) >= 11 is 0. The van der Waals surface area contributed by atoms with E-state index in [0.29, 0.717) is 23.9 Å². The zero-order chi connectivity index (χ0) is 17.8. The first kappa shape index (κ1) is 15.8. The van der Waals surface area contributed by atoms with Gasteiger partial charge >= 0.3 is 0 Å². The number of nitrogen functional groups attached to an aromatic ring is 1. The molecule has 3 aromatic rings. The minimum atomic E-state index is 0.258. The van der Waals surface area contributed by atoms with Crippen molar-refractivity contribution in [3.05, 3.63) is 60.4 Å². The molecule has 132 valence electrons. The van der Waals surface area contributed by atoms with Crippen LogP contribution in [0.1, 0.15) is 5.56 Å². The molecule has 8 nitrogen and oxygen atoms in total. The number of hydrogen-bond acceptors (Lipinski definition) is 8. The predicted octanol–water partition coefficient (Wildman–Crippen LogP) is 2.84. The molecular weight excluding hydrogens is 332 g/mol. The van der Waals surface area contributed by atoms with E-state index < -0.39 is 0 Å². The molecule has 0 saturated carbocycles. The maximum Gasteiger partial charge on any atom is 0.231 e. The highest BCUT2D eigenvalue weighted by Crippen LogP contribution is 2.33. The first-order valence-corrected chi connectivity index (χ1v) is 8.09. The standard InChI is InChI=1S/C18H18N6O2/c19-16-17(20-9-12-6-7-14-15(8-12)26-11-25-14)21-10-22-18(16)24-23-13-4-2-1-3-5-13/h1-8,10,23H,9,11,19H2,(H2,20,21,22,24). The first-order valence-electron chi connectivity index (χ1n) is 8.09. The summed E-state index contributed by atoms with van der Waals surface area (Å²) < 4.78 is 10.7. The summed E-state index contributed by atoms with van der Waals surface area (Å²) in [4.78, 5) is 8.38. The molecule has 0 saturated heterocycles. The van der Waals surface area contributed by atoms with Crippen LogP contribution in [0.4, 0.5) is 23.0 Å². The van der Waals surface area contributed by atoms with Crippen LogP contribution >= 0.6 is 0 Å². The van der Waals surface area contributed by atoms with Gasteiger partial charge in [-0.15, -0.1) is 0 Å². The molecule has 5 N–H and O–H groups in total. The molecule has 0 amide bonds. The Bertz CT molecular complexity index is 903. The lowest BCUT2D eigenvalue weighted by atomic mass is 10.2. The molecular formula is C18H18N6O2. The number of aromatic nitrogens is 2. The van der Waals surface area contributed by atoms with Crippen molar-refractivity contribution in [2.45, 2.75) is 6.54 Å². The van der Waals surface area contributed by atoms with Gasteiger partial charge < -0.3 is 20.5 Å². The third-order valence-electron chi connectivity index (χ3n) is 3.88. The molecule has 4 rings (SSSR count). The number of para-hydroxylation sites is 1. The maximum absolute atomic E-state index is 6.17. The van der Waals surface area contributed by atoms with E-state index in [0.717, 1.165) is 22.7 Å². The van der Waals surface area contributed by atoms with E-state index in [1.165, 1.54) is 6.33 Å². The lowest BCUT2D eigenvalue weighted by Crippen LogP contribution is -2.14. The van der Waals surface area contributed by atoms with E-state index in [-0.39, 0.29) is 6.79 Å². The highest BCUT2D eigenvalue weighted by atomic mass is 16.7. The Morgan fingerprint density at radius 3 is 2.62 bits per heavy atom. The number of rotatable bonds is 6. The van der Waals surface area contributed by atoms with Gasteiger partial charge in [-0.3, -0.25) is 10.9 Å². The quantitative estimate of drug-likeness (QED) is 0.503. The van der Waals surface area contributed by atoms with Gasteiger partial charge in [-0.1, -0.05) is 24.3 Å². The van der Waals surface area contributed by atoms with Crippen molar-refractivity contribution in [3.63, 3.8) is 0 Å². The van der Waals surface area contributed by atoms with E-state index in [1.807, 2.05) is 48.5 Å². The van der Waals surface area contributed by atoms with Crippen molar-refractivity contribution in [2.75, 3.05) is 28.7 Å². The summed E-state index contributed by atoms with van der Waals surface area (Å²) in [5.74, 6) is 2.55. The van der Waals surface area contributed by atoms with Crippen molar-refractivity contribution in [2.24, 2.45) is 0 Å². The first-order chi connectivity index (χ1) is 12.8. The van der Waals surface area contributed by atoms with Crippen LogP contribution in [0.3, 0.4) is 0 Å². The predicted molar refractivity (Wildman–Crippen MR) is 100 cm³/mol. The monoisotopic (exact) mass is 350 g/mol. The molecule has 2 aromatic carbocycles. The summed E-state index contributed by atoms with van der Waals surface area (Å²) in [6.45, 7) is 0.803. The molecule has 0 fully saturated rings. The Balaban J connectivity index is 1.42. The highest BCUT2D eigenvalue weighted by molar-refractivity contribution is 5.75. The normalized spacial score (nSPS) is 11.8. The molecule has 0 unspecified atom stereocenters. The van der Waals surface area contributed by atoms with E-state index in [9.17, 15) is 0 Å². The Morgan fingerprint density at radius 1 is 0.923 bits per heavy atom. The van der Waals surface area contributed by atoms with Crippen LogP contribution in [0.5, 0.6) is 11.5 Å². The summed E-state index contributed by atoms with van der Waals surface area (Å²) in [6, 6.07) is 15.5. The SMILES string of the molecule is Nc1c(NCc2ccc3c(c2)OCO3)ncnc1NNc1ccccc1. The number of benzene rings is 2. The summed E-state index contributed by atoms with van der Waals surface area (Å²) in [6.07, 6.45) is 1.45. The van der Waals surface area contributed by atoms with Crippen LogP contribution in [-0.4, -0.2) is 16.8 Å². The largest absolute Gasteiger partial charge is 0.454 e. The van der Waals surface area contributed by atoms with Crippen LogP contribution in [0, 0.1) is 0 Å². The Labute approximate surface area is 150 Å². The molecule has 1 aliphatic rings. The summed E-state index contributed by atoms with van der Waals surface area (Å²) in [5, 5.41) is 3.22. The van der Waals surface area contributed by atoms with Crippen molar-refractivity contribution in [1.82, 2.24) is 9.97 Å². The molecule has 1 aromatic heterocycles. The minimum absolute atomic E-state index is 0.258. The average molecular weight is 350 g/mol. The molecule has 0 atom stereocenters. The van der Waals surface area contributed by atoms with Gasteiger partial charge in [0.1, 0.15) is 12.0 Å². The van der Waals surface area contributed by atoms with Crippen LogP contribution in [-0.2, 0) is 6.54 Å². The zero-order valence-corrected chi connectivity index (χ0v) is 13.9. The summed E-state index contributed by atoms with van der Waals surface area (Å²) in [7, 11) is 0. The fraction of sp³-hybridized carbons (Fsp3) is 0.111. The number of ether oxygens (including phenoxy) is 2. The second-order valence-electron chi connectivity index (χ2n) is 5.64. The van der Waals surface area contributed by atoms with Crippen LogP contribution in [0.2, 0.25) is 0 Å². The minimum Gasteiger partial charge on any atom is -0.454 e. The van der Waals surface area contributed by atoms with Gasteiger partial charge in [0.25, 0.3) is 0 Å². The van der Waals surface area contributed by atoms with Crippen molar-refractivity contribution in [3.8, 4) is 11.5 Å². The second kappa shape index (κ2) is 7.06. The second-order valence-corrected chi connectivity index (χ2v) is 5.64. The topological polar surface area (TPSA) is 106 Å². The van der Waals surface area contributed by atoms with Gasteiger partial charge in [-0.05, 0) is 29.8 Å². The Morgan fingerprint density at radius 2 is 1.73 bits per heavy atom. The number of anilines is 4. The number of nitrogens with two attached hydrogens (primary N) is 1. The maximum atomic E-state index is 6.17. The van der Waals surface area contributed by atoms with Crippen LogP contribution in [0.25, 0.3) is 0 Å². The molecule has 8 heteroatoms. The van der Waals surface area contributed by atoms with Gasteiger partial charge in [-0.25, -0.2) is 9.97 Å². The average Bonchev–Trinajstić information content (AvgIpc) is 3.15. The number of nitrogens with zero attached hydrogens (tertiary/aromatic N) is 2. The van der Waals surface area contributed by atoms with E-state index in [4.69, 9.17) is 15.2 Å². The Hall–Kier alpha value is -3.68. The zero-order valence-electron chi connectivity index (χ0n) is 13.9. The van der Waals surface area contributed by atoms with Gasteiger partial charge in [0.15, 0.2) is 23.1 Å². The van der Waals surface area contributed by atoms with Gasteiger partial charge in [-0.2, -0.15) is 0 Å².